The normalized spacial score (nSPS) is 57.6. The molecule has 0 aromatic heterocycles. The zero-order valence-corrected chi connectivity index (χ0v) is 8.05. The lowest BCUT2D eigenvalue weighted by Gasteiger charge is -2.42. The Bertz CT molecular complexity index is 223. The van der Waals surface area contributed by atoms with Crippen LogP contribution in [0.3, 0.4) is 0 Å². The van der Waals surface area contributed by atoms with E-state index in [2.05, 4.69) is 0 Å². The van der Waals surface area contributed by atoms with Gasteiger partial charge in [-0.15, -0.1) is 0 Å². The van der Waals surface area contributed by atoms with Crippen LogP contribution in [0.4, 0.5) is 0 Å². The van der Waals surface area contributed by atoms with Crippen molar-refractivity contribution in [2.45, 2.75) is 36.8 Å². The maximum Gasteiger partial charge on any atom is 0.112 e. The van der Waals surface area contributed by atoms with E-state index in [0.29, 0.717) is 0 Å². The Balaban J connectivity index is 2.43. The molecule has 2 bridgehead atoms. The molecule has 1 aliphatic carbocycles. The molecule has 0 spiro atoms. The molecule has 0 radical (unpaired) electrons. The van der Waals surface area contributed by atoms with Crippen molar-refractivity contribution in [3.05, 3.63) is 0 Å². The van der Waals surface area contributed by atoms with Crippen LogP contribution in [0.25, 0.3) is 0 Å². The SMILES string of the molecule is C[C@@]12OCC[C@@](O)([C@H](O)[C@@H]1O)[C@@H]2CO. The van der Waals surface area contributed by atoms with Crippen LogP contribution in [0.1, 0.15) is 13.3 Å². The first-order chi connectivity index (χ1) is 6.47. The summed E-state index contributed by atoms with van der Waals surface area (Å²) in [7, 11) is 0. The highest BCUT2D eigenvalue weighted by molar-refractivity contribution is 5.17. The Morgan fingerprint density at radius 1 is 1.36 bits per heavy atom. The maximum absolute atomic E-state index is 10.1. The third-order valence-electron chi connectivity index (χ3n) is 3.79. The van der Waals surface area contributed by atoms with Crippen molar-refractivity contribution in [1.29, 1.82) is 0 Å². The molecule has 5 heteroatoms. The van der Waals surface area contributed by atoms with Crippen LogP contribution in [-0.2, 0) is 4.74 Å². The Labute approximate surface area is 81.9 Å². The summed E-state index contributed by atoms with van der Waals surface area (Å²) in [4.78, 5) is 0. The molecule has 5 nitrogen and oxygen atoms in total. The third kappa shape index (κ3) is 0.963. The average Bonchev–Trinajstić information content (AvgIpc) is 2.21. The maximum atomic E-state index is 10.1. The molecule has 82 valence electrons. The molecule has 0 aromatic rings. The molecule has 2 rings (SSSR count). The van der Waals surface area contributed by atoms with E-state index in [0.717, 1.165) is 0 Å². The Morgan fingerprint density at radius 3 is 2.43 bits per heavy atom. The van der Waals surface area contributed by atoms with Gasteiger partial charge in [-0.2, -0.15) is 0 Å². The minimum absolute atomic E-state index is 0.242. The summed E-state index contributed by atoms with van der Waals surface area (Å²) in [5.74, 6) is -0.631. The highest BCUT2D eigenvalue weighted by atomic mass is 16.5. The molecule has 4 N–H and O–H groups in total. The Morgan fingerprint density at radius 2 is 2.00 bits per heavy atom. The van der Waals surface area contributed by atoms with Gasteiger partial charge >= 0.3 is 0 Å². The second kappa shape index (κ2) is 2.90. The fourth-order valence-corrected chi connectivity index (χ4v) is 2.78. The number of fused-ring (bicyclic) bond motifs is 2. The zero-order valence-electron chi connectivity index (χ0n) is 8.05. The lowest BCUT2D eigenvalue weighted by atomic mass is 9.80. The Hall–Kier alpha value is -0.200. The number of hydrogen-bond donors (Lipinski definition) is 4. The van der Waals surface area contributed by atoms with Crippen LogP contribution in [0, 0.1) is 5.92 Å². The molecule has 1 aliphatic heterocycles. The van der Waals surface area contributed by atoms with Gasteiger partial charge in [0.25, 0.3) is 0 Å². The van der Waals surface area contributed by atoms with Crippen molar-refractivity contribution in [2.75, 3.05) is 13.2 Å². The summed E-state index contributed by atoms with van der Waals surface area (Å²) < 4.78 is 5.38. The predicted molar refractivity (Wildman–Crippen MR) is 46.5 cm³/mol. The number of aliphatic hydroxyl groups is 4. The molecule has 5 atom stereocenters. The molecule has 14 heavy (non-hydrogen) atoms. The monoisotopic (exact) mass is 204 g/mol. The predicted octanol–water partition coefficient (Wildman–Crippen LogP) is -1.76. The molecule has 2 aliphatic rings. The van der Waals surface area contributed by atoms with Crippen molar-refractivity contribution in [3.63, 3.8) is 0 Å². The summed E-state index contributed by atoms with van der Waals surface area (Å²) in [6.07, 6.45) is -2.15. The first kappa shape index (κ1) is 10.3. The molecule has 0 amide bonds. The van der Waals surface area contributed by atoms with Crippen molar-refractivity contribution in [1.82, 2.24) is 0 Å². The van der Waals surface area contributed by atoms with Crippen molar-refractivity contribution >= 4 is 0 Å². The Kier molecular flexibility index (Phi) is 2.14. The fourth-order valence-electron chi connectivity index (χ4n) is 2.78. The molecule has 1 saturated carbocycles. The van der Waals surface area contributed by atoms with Crippen LogP contribution >= 0.6 is 0 Å². The van der Waals surface area contributed by atoms with Gasteiger partial charge in [0.05, 0.1) is 13.2 Å². The zero-order chi connectivity index (χ0) is 10.6. The van der Waals surface area contributed by atoms with Gasteiger partial charge in [0.2, 0.25) is 0 Å². The summed E-state index contributed by atoms with van der Waals surface area (Å²) >= 11 is 0. The van der Waals surface area contributed by atoms with Gasteiger partial charge < -0.3 is 25.2 Å². The van der Waals surface area contributed by atoms with Gasteiger partial charge in [0.1, 0.15) is 23.4 Å². The van der Waals surface area contributed by atoms with E-state index >= 15 is 0 Å². The van der Waals surface area contributed by atoms with Gasteiger partial charge in [-0.05, 0) is 6.92 Å². The standard InChI is InChI=1S/C9H16O5/c1-8-5(4-10)9(13,2-3-14-8)7(12)6(8)11/h5-7,10-13H,2-4H2,1H3/t5-,6+,7-,8+,9+/m1/s1. The second-order valence-corrected chi connectivity index (χ2v) is 4.40. The van der Waals surface area contributed by atoms with Crippen LogP contribution in [0.2, 0.25) is 0 Å². The summed E-state index contributed by atoms with van der Waals surface area (Å²) in [5, 5.41) is 38.8. The van der Waals surface area contributed by atoms with Crippen molar-refractivity contribution < 1.29 is 25.2 Å². The smallest absolute Gasteiger partial charge is 0.112 e. The lowest BCUT2D eigenvalue weighted by molar-refractivity contribution is -0.188. The van der Waals surface area contributed by atoms with E-state index in [1.165, 1.54) is 0 Å². The number of rotatable bonds is 1. The minimum Gasteiger partial charge on any atom is -0.396 e. The van der Waals surface area contributed by atoms with E-state index in [-0.39, 0.29) is 19.6 Å². The van der Waals surface area contributed by atoms with Crippen LogP contribution < -0.4 is 0 Å². The number of hydrogen-bond acceptors (Lipinski definition) is 5. The largest absolute Gasteiger partial charge is 0.396 e. The molecular formula is C9H16O5. The van der Waals surface area contributed by atoms with E-state index in [4.69, 9.17) is 4.74 Å². The minimum atomic E-state index is -1.42. The molecule has 0 aromatic carbocycles. The third-order valence-corrected chi connectivity index (χ3v) is 3.79. The highest BCUT2D eigenvalue weighted by Crippen LogP contribution is 2.50. The lowest BCUT2D eigenvalue weighted by Crippen LogP contribution is -2.54. The second-order valence-electron chi connectivity index (χ2n) is 4.40. The fraction of sp³-hybridized carbons (Fsp3) is 1.00. The molecule has 1 heterocycles. The van der Waals surface area contributed by atoms with Crippen LogP contribution in [0.15, 0.2) is 0 Å². The average molecular weight is 204 g/mol. The van der Waals surface area contributed by atoms with Gasteiger partial charge in [-0.25, -0.2) is 0 Å². The summed E-state index contributed by atoms with van der Waals surface area (Å²) in [6.45, 7) is 1.59. The van der Waals surface area contributed by atoms with E-state index < -0.39 is 29.3 Å². The summed E-state index contributed by atoms with van der Waals surface area (Å²) in [6, 6.07) is 0. The van der Waals surface area contributed by atoms with Crippen LogP contribution in [-0.4, -0.2) is 57.0 Å². The molecular weight excluding hydrogens is 188 g/mol. The van der Waals surface area contributed by atoms with E-state index in [1.807, 2.05) is 0 Å². The van der Waals surface area contributed by atoms with Gasteiger partial charge in [-0.3, -0.25) is 0 Å². The number of ether oxygens (including phenoxy) is 1. The molecule has 2 fully saturated rings. The van der Waals surface area contributed by atoms with Crippen LogP contribution in [0.5, 0.6) is 0 Å². The van der Waals surface area contributed by atoms with E-state index in [1.54, 1.807) is 6.92 Å². The van der Waals surface area contributed by atoms with Gasteiger partial charge in [0.15, 0.2) is 0 Å². The first-order valence-corrected chi connectivity index (χ1v) is 4.80. The number of aliphatic hydroxyl groups excluding tert-OH is 3. The summed E-state index contributed by atoms with van der Waals surface area (Å²) in [5.41, 5.74) is -2.46. The quantitative estimate of drug-likeness (QED) is 0.406. The molecule has 1 saturated heterocycles. The highest BCUT2D eigenvalue weighted by Gasteiger charge is 2.67. The first-order valence-electron chi connectivity index (χ1n) is 4.80. The van der Waals surface area contributed by atoms with Crippen molar-refractivity contribution in [3.8, 4) is 0 Å². The topological polar surface area (TPSA) is 90.2 Å². The van der Waals surface area contributed by atoms with Gasteiger partial charge in [0, 0.05) is 12.3 Å². The van der Waals surface area contributed by atoms with Crippen molar-refractivity contribution in [2.24, 2.45) is 5.92 Å². The molecule has 0 unspecified atom stereocenters. The van der Waals surface area contributed by atoms with Gasteiger partial charge in [-0.1, -0.05) is 0 Å². The van der Waals surface area contributed by atoms with E-state index in [9.17, 15) is 20.4 Å².